The Kier molecular flexibility index (Phi) is 12.4. The molecule has 0 aromatic heterocycles. The van der Waals surface area contributed by atoms with Crippen LogP contribution in [0.15, 0.2) is 55.6 Å². The molecule has 3 amide bonds. The number of nitrogens with zero attached hydrogens (tertiary/aromatic N) is 3. The average Bonchev–Trinajstić information content (AvgIpc) is 3.75. The molecular weight excluding hydrogens is 616 g/mol. The van der Waals surface area contributed by atoms with E-state index in [4.69, 9.17) is 14.2 Å². The Balaban J connectivity index is 1.38. The van der Waals surface area contributed by atoms with Gasteiger partial charge in [0.05, 0.1) is 37.7 Å². The zero-order valence-electron chi connectivity index (χ0n) is 27.8. The number of hydrogen-bond donors (Lipinski definition) is 2. The van der Waals surface area contributed by atoms with E-state index in [0.717, 1.165) is 13.1 Å². The zero-order chi connectivity index (χ0) is 34.1. The van der Waals surface area contributed by atoms with Gasteiger partial charge in [0.15, 0.2) is 0 Å². The number of ether oxygens (including phenoxy) is 3. The van der Waals surface area contributed by atoms with Gasteiger partial charge in [0.1, 0.15) is 17.7 Å². The minimum absolute atomic E-state index is 0.0319. The number of rotatable bonds is 18. The Morgan fingerprint density at radius 3 is 2.60 bits per heavy atom. The Hall–Kier alpha value is -3.58. The normalized spacial score (nSPS) is 26.9. The first-order valence-electron chi connectivity index (χ1n) is 17.3. The lowest BCUT2D eigenvalue weighted by molar-refractivity contribution is -0.160. The quantitative estimate of drug-likeness (QED) is 0.137. The fourth-order valence-electron chi connectivity index (χ4n) is 7.68. The summed E-state index contributed by atoms with van der Waals surface area (Å²) in [4.78, 5) is 61.0. The molecule has 12 heteroatoms. The van der Waals surface area contributed by atoms with Gasteiger partial charge in [-0.3, -0.25) is 24.1 Å². The van der Waals surface area contributed by atoms with Crippen LogP contribution in [0.1, 0.15) is 50.2 Å². The van der Waals surface area contributed by atoms with E-state index in [2.05, 4.69) is 23.4 Å². The van der Waals surface area contributed by atoms with Crippen LogP contribution in [-0.4, -0.2) is 127 Å². The number of fused-ring (bicyclic) bond motifs is 1. The van der Waals surface area contributed by atoms with Crippen molar-refractivity contribution in [2.75, 3.05) is 65.6 Å². The van der Waals surface area contributed by atoms with Crippen molar-refractivity contribution >= 4 is 23.7 Å². The molecule has 0 aliphatic carbocycles. The summed E-state index contributed by atoms with van der Waals surface area (Å²) < 4.78 is 18.2. The van der Waals surface area contributed by atoms with Gasteiger partial charge in [0, 0.05) is 52.3 Å². The Morgan fingerprint density at radius 2 is 1.90 bits per heavy atom. The fraction of sp³-hybridized carbons (Fsp3) is 0.611. The lowest BCUT2D eigenvalue weighted by Crippen LogP contribution is -2.57. The summed E-state index contributed by atoms with van der Waals surface area (Å²) in [7, 11) is 0. The van der Waals surface area contributed by atoms with Gasteiger partial charge in [-0.25, -0.2) is 0 Å². The molecule has 6 atom stereocenters. The van der Waals surface area contributed by atoms with Gasteiger partial charge >= 0.3 is 5.97 Å². The van der Waals surface area contributed by atoms with Gasteiger partial charge in [-0.2, -0.15) is 0 Å². The van der Waals surface area contributed by atoms with Crippen molar-refractivity contribution < 1.29 is 38.5 Å². The molecule has 4 fully saturated rings. The van der Waals surface area contributed by atoms with Gasteiger partial charge in [0.25, 0.3) is 0 Å². The van der Waals surface area contributed by atoms with E-state index in [1.807, 2.05) is 30.3 Å². The van der Waals surface area contributed by atoms with Crippen LogP contribution in [-0.2, 0) is 33.4 Å². The van der Waals surface area contributed by atoms with Crippen LogP contribution in [0.3, 0.4) is 0 Å². The Labute approximate surface area is 283 Å². The van der Waals surface area contributed by atoms with Crippen LogP contribution < -0.4 is 5.32 Å². The first-order valence-corrected chi connectivity index (χ1v) is 17.3. The summed E-state index contributed by atoms with van der Waals surface area (Å²) in [6.07, 6.45) is 4.77. The molecule has 4 aliphatic heterocycles. The van der Waals surface area contributed by atoms with E-state index in [9.17, 15) is 24.3 Å². The number of benzene rings is 1. The van der Waals surface area contributed by atoms with Crippen molar-refractivity contribution in [1.82, 2.24) is 20.0 Å². The van der Waals surface area contributed by atoms with Crippen LogP contribution in [0.25, 0.3) is 0 Å². The molecule has 262 valence electrons. The van der Waals surface area contributed by atoms with Crippen molar-refractivity contribution in [2.45, 2.75) is 62.4 Å². The molecule has 0 saturated carbocycles. The number of unbranched alkanes of at least 4 members (excludes halogenated alkanes) is 1. The maximum absolute atomic E-state index is 14.5. The highest BCUT2D eigenvalue weighted by atomic mass is 16.6. The van der Waals surface area contributed by atoms with Crippen molar-refractivity contribution in [3.8, 4) is 0 Å². The zero-order valence-corrected chi connectivity index (χ0v) is 27.8. The van der Waals surface area contributed by atoms with Crippen molar-refractivity contribution in [1.29, 1.82) is 0 Å². The molecule has 4 saturated heterocycles. The summed E-state index contributed by atoms with van der Waals surface area (Å²) in [5.74, 6) is -3.05. The van der Waals surface area contributed by atoms with Crippen molar-refractivity contribution in [3.63, 3.8) is 0 Å². The molecule has 2 N–H and O–H groups in total. The number of carbonyl (C=O) groups is 4. The van der Waals surface area contributed by atoms with Crippen molar-refractivity contribution in [3.05, 3.63) is 61.2 Å². The molecular formula is C36H50N4O8. The van der Waals surface area contributed by atoms with Crippen LogP contribution >= 0.6 is 0 Å². The third-order valence-corrected chi connectivity index (χ3v) is 10.1. The maximum atomic E-state index is 14.5. The highest BCUT2D eigenvalue weighted by Gasteiger charge is 2.75. The summed E-state index contributed by atoms with van der Waals surface area (Å²) in [6, 6.07) is 8.28. The second-order valence-electron chi connectivity index (χ2n) is 13.0. The van der Waals surface area contributed by atoms with Gasteiger partial charge in [-0.15, -0.1) is 13.2 Å². The molecule has 1 aromatic carbocycles. The molecule has 12 nitrogen and oxygen atoms in total. The Morgan fingerprint density at radius 1 is 1.12 bits per heavy atom. The molecule has 4 aliphatic rings. The Bertz CT molecular complexity index is 1300. The summed E-state index contributed by atoms with van der Waals surface area (Å²) in [6.45, 7) is 12.1. The third kappa shape index (κ3) is 7.67. The predicted molar refractivity (Wildman–Crippen MR) is 177 cm³/mol. The number of hydrogen-bond acceptors (Lipinski definition) is 9. The first kappa shape index (κ1) is 35.7. The number of likely N-dealkylation sites (tertiary alicyclic amines) is 1. The van der Waals surface area contributed by atoms with Gasteiger partial charge in [0.2, 0.25) is 17.7 Å². The topological polar surface area (TPSA) is 138 Å². The predicted octanol–water partition coefficient (Wildman–Crippen LogP) is 1.85. The number of esters is 1. The van der Waals surface area contributed by atoms with Crippen LogP contribution in [0.4, 0.5) is 0 Å². The highest BCUT2D eigenvalue weighted by Crippen LogP contribution is 2.59. The monoisotopic (exact) mass is 666 g/mol. The number of morpholine rings is 1. The fourth-order valence-corrected chi connectivity index (χ4v) is 7.68. The molecule has 0 radical (unpaired) electrons. The smallest absolute Gasteiger partial charge is 0.313 e. The first-order chi connectivity index (χ1) is 23.3. The molecule has 0 unspecified atom stereocenters. The van der Waals surface area contributed by atoms with Gasteiger partial charge < -0.3 is 34.4 Å². The molecule has 5 rings (SSSR count). The van der Waals surface area contributed by atoms with E-state index >= 15 is 0 Å². The highest BCUT2D eigenvalue weighted by molar-refractivity contribution is 5.98. The van der Waals surface area contributed by atoms with Crippen LogP contribution in [0, 0.1) is 11.8 Å². The summed E-state index contributed by atoms with van der Waals surface area (Å²) in [5.41, 5.74) is -0.452. The molecule has 4 heterocycles. The minimum atomic E-state index is -1.17. The van der Waals surface area contributed by atoms with Crippen LogP contribution in [0.5, 0.6) is 0 Å². The number of aliphatic hydroxyl groups excluding tert-OH is 1. The lowest BCUT2D eigenvalue weighted by atomic mass is 9.70. The third-order valence-electron chi connectivity index (χ3n) is 10.1. The number of amides is 3. The van der Waals surface area contributed by atoms with E-state index in [-0.39, 0.29) is 43.8 Å². The van der Waals surface area contributed by atoms with E-state index in [0.29, 0.717) is 70.5 Å². The maximum Gasteiger partial charge on any atom is 0.313 e. The second kappa shape index (κ2) is 16.7. The number of allylic oxidation sites excluding steroid dienone is 1. The minimum Gasteiger partial charge on any atom is -0.455 e. The molecule has 2 bridgehead atoms. The standard InChI is InChI=1S/C36H50N4O8/c1-3-5-13-29(42)37-25-28(26-11-7-6-8-12-26)47-35(45)30-27-14-15-36(48-27)31(30)33(43)40(17-9-10-22-41)32(36)34(44)39(16-4-2)19-18-38-20-23-46-24-21-38/h3-4,6-8,11-12,27-28,30-32,41H,1-2,5,9-10,13-25H2,(H,37,42)/t27-,28-,30+,31+,32-,36+/m1/s1. The summed E-state index contributed by atoms with van der Waals surface area (Å²) in [5, 5.41) is 12.3. The number of carbonyl (C=O) groups excluding carboxylic acids is 4. The van der Waals surface area contributed by atoms with E-state index in [1.54, 1.807) is 22.0 Å². The second-order valence-corrected chi connectivity index (χ2v) is 13.0. The largest absolute Gasteiger partial charge is 0.455 e. The molecule has 1 spiro atoms. The van der Waals surface area contributed by atoms with E-state index in [1.165, 1.54) is 0 Å². The number of nitrogens with one attached hydrogen (secondary N) is 1. The van der Waals surface area contributed by atoms with Crippen LogP contribution in [0.2, 0.25) is 0 Å². The van der Waals surface area contributed by atoms with Gasteiger partial charge in [-0.05, 0) is 37.7 Å². The molecule has 1 aromatic rings. The van der Waals surface area contributed by atoms with Gasteiger partial charge in [-0.1, -0.05) is 42.5 Å². The average molecular weight is 667 g/mol. The van der Waals surface area contributed by atoms with Crippen molar-refractivity contribution in [2.24, 2.45) is 11.8 Å². The van der Waals surface area contributed by atoms with E-state index < -0.39 is 41.7 Å². The SMILES string of the molecule is C=CCCC(=O)NC[C@@H](OC(=O)[C@@H]1[C@H]2C(=O)N(CCCCO)[C@H](C(=O)N(CC=C)CCN3CCOCC3)[C@]23CC[C@H]1O3)c1ccccc1. The molecule has 48 heavy (non-hydrogen) atoms. The summed E-state index contributed by atoms with van der Waals surface area (Å²) >= 11 is 0. The number of aliphatic hydroxyl groups is 1. The lowest BCUT2D eigenvalue weighted by Gasteiger charge is -2.37.